The normalized spacial score (nSPS) is 21.6. The molecule has 6 heteroatoms. The maximum absolute atomic E-state index is 13.1. The van der Waals surface area contributed by atoms with Crippen molar-refractivity contribution < 1.29 is 4.79 Å². The van der Waals surface area contributed by atoms with Crippen LogP contribution in [0.4, 0.5) is 5.95 Å². The first-order chi connectivity index (χ1) is 12.1. The van der Waals surface area contributed by atoms with E-state index in [1.165, 1.54) is 32.4 Å². The third-order valence-corrected chi connectivity index (χ3v) is 5.46. The highest BCUT2D eigenvalue weighted by atomic mass is 16.2. The number of anilines is 1. The summed E-state index contributed by atoms with van der Waals surface area (Å²) in [4.78, 5) is 28.4. The summed E-state index contributed by atoms with van der Waals surface area (Å²) in [7, 11) is 3.82. The van der Waals surface area contributed by atoms with Crippen LogP contribution < -0.4 is 4.90 Å². The monoisotopic (exact) mass is 345 g/mol. The average molecular weight is 345 g/mol. The van der Waals surface area contributed by atoms with Gasteiger partial charge in [0, 0.05) is 39.4 Å². The molecule has 138 valence electrons. The van der Waals surface area contributed by atoms with Gasteiger partial charge >= 0.3 is 0 Å². The highest BCUT2D eigenvalue weighted by Gasteiger charge is 2.29. The molecule has 0 saturated carbocycles. The molecule has 0 spiro atoms. The van der Waals surface area contributed by atoms with E-state index < -0.39 is 0 Å². The lowest BCUT2D eigenvalue weighted by Crippen LogP contribution is -2.45. The number of carbonyl (C=O) groups is 1. The molecule has 1 unspecified atom stereocenters. The summed E-state index contributed by atoms with van der Waals surface area (Å²) in [6.45, 7) is 6.33. The van der Waals surface area contributed by atoms with E-state index in [2.05, 4.69) is 19.8 Å². The standard InChI is InChI=1S/C19H31N5O/c1-15-17(14-20-19(21-15)22(2)3)18(25)24-12-5-4-8-16(24)9-13-23-10-6-7-11-23/h14,16H,4-13H2,1-3H3. The van der Waals surface area contributed by atoms with Crippen LogP contribution in [0.3, 0.4) is 0 Å². The molecule has 6 nitrogen and oxygen atoms in total. The minimum atomic E-state index is 0.105. The summed E-state index contributed by atoms with van der Waals surface area (Å²) in [6.07, 6.45) is 8.87. The van der Waals surface area contributed by atoms with E-state index in [1.807, 2.05) is 25.9 Å². The van der Waals surface area contributed by atoms with Crippen LogP contribution in [0.5, 0.6) is 0 Å². The zero-order chi connectivity index (χ0) is 17.8. The molecule has 1 amide bonds. The molecule has 1 aromatic heterocycles. The smallest absolute Gasteiger partial charge is 0.257 e. The molecular formula is C19H31N5O. The predicted octanol–water partition coefficient (Wildman–Crippen LogP) is 2.33. The van der Waals surface area contributed by atoms with Gasteiger partial charge in [-0.05, 0) is 58.5 Å². The number of aryl methyl sites for hydroxylation is 1. The van der Waals surface area contributed by atoms with Crippen molar-refractivity contribution >= 4 is 11.9 Å². The molecular weight excluding hydrogens is 314 g/mol. The quantitative estimate of drug-likeness (QED) is 0.820. The first-order valence-electron chi connectivity index (χ1n) is 9.60. The number of rotatable bonds is 5. The highest BCUT2D eigenvalue weighted by Crippen LogP contribution is 2.24. The Bertz CT molecular complexity index is 597. The fourth-order valence-corrected chi connectivity index (χ4v) is 3.94. The van der Waals surface area contributed by atoms with Gasteiger partial charge in [0.2, 0.25) is 5.95 Å². The van der Waals surface area contributed by atoms with Crippen LogP contribution in [-0.4, -0.2) is 72.0 Å². The largest absolute Gasteiger partial charge is 0.347 e. The van der Waals surface area contributed by atoms with Crippen molar-refractivity contribution in [3.05, 3.63) is 17.5 Å². The molecule has 0 bridgehead atoms. The number of hydrogen-bond donors (Lipinski definition) is 0. The van der Waals surface area contributed by atoms with E-state index in [9.17, 15) is 4.79 Å². The number of hydrogen-bond acceptors (Lipinski definition) is 5. The zero-order valence-electron chi connectivity index (χ0n) is 15.9. The lowest BCUT2D eigenvalue weighted by molar-refractivity contribution is 0.0586. The van der Waals surface area contributed by atoms with E-state index in [4.69, 9.17) is 0 Å². The van der Waals surface area contributed by atoms with Crippen molar-refractivity contribution in [2.45, 2.75) is 51.5 Å². The van der Waals surface area contributed by atoms with Gasteiger partial charge in [-0.3, -0.25) is 4.79 Å². The van der Waals surface area contributed by atoms with E-state index in [-0.39, 0.29) is 5.91 Å². The maximum atomic E-state index is 13.1. The molecule has 25 heavy (non-hydrogen) atoms. The summed E-state index contributed by atoms with van der Waals surface area (Å²) >= 11 is 0. The first kappa shape index (κ1) is 18.1. The Hall–Kier alpha value is -1.69. The molecule has 1 aromatic rings. The molecule has 0 radical (unpaired) electrons. The Balaban J connectivity index is 1.69. The van der Waals surface area contributed by atoms with Crippen molar-refractivity contribution in [2.24, 2.45) is 0 Å². The molecule has 0 aliphatic carbocycles. The van der Waals surface area contributed by atoms with Crippen molar-refractivity contribution in [3.63, 3.8) is 0 Å². The van der Waals surface area contributed by atoms with Gasteiger partial charge in [-0.25, -0.2) is 9.97 Å². The molecule has 2 aliphatic rings. The topological polar surface area (TPSA) is 52.6 Å². The number of nitrogens with zero attached hydrogens (tertiary/aromatic N) is 5. The highest BCUT2D eigenvalue weighted by molar-refractivity contribution is 5.95. The van der Waals surface area contributed by atoms with E-state index in [0.29, 0.717) is 17.6 Å². The van der Waals surface area contributed by atoms with Crippen LogP contribution in [0.1, 0.15) is 54.6 Å². The lowest BCUT2D eigenvalue weighted by atomic mass is 9.98. The molecule has 1 atom stereocenters. The van der Waals surface area contributed by atoms with Crippen molar-refractivity contribution in [3.8, 4) is 0 Å². The van der Waals surface area contributed by atoms with Gasteiger partial charge in [-0.1, -0.05) is 0 Å². The molecule has 0 aromatic carbocycles. The Labute approximate surface area is 151 Å². The lowest BCUT2D eigenvalue weighted by Gasteiger charge is -2.37. The molecule has 3 heterocycles. The second-order valence-electron chi connectivity index (χ2n) is 7.55. The Morgan fingerprint density at radius 3 is 2.60 bits per heavy atom. The van der Waals surface area contributed by atoms with E-state index >= 15 is 0 Å². The van der Waals surface area contributed by atoms with Gasteiger partial charge in [0.1, 0.15) is 0 Å². The molecule has 0 N–H and O–H groups in total. The molecule has 3 rings (SSSR count). The number of aromatic nitrogens is 2. The molecule has 2 saturated heterocycles. The summed E-state index contributed by atoms with van der Waals surface area (Å²) < 4.78 is 0. The van der Waals surface area contributed by atoms with Crippen molar-refractivity contribution in [1.29, 1.82) is 0 Å². The second-order valence-corrected chi connectivity index (χ2v) is 7.55. The van der Waals surface area contributed by atoms with Crippen LogP contribution in [0.25, 0.3) is 0 Å². The van der Waals surface area contributed by atoms with Crippen LogP contribution in [0, 0.1) is 6.92 Å². The summed E-state index contributed by atoms with van der Waals surface area (Å²) in [5.74, 6) is 0.757. The molecule has 2 aliphatic heterocycles. The SMILES string of the molecule is Cc1nc(N(C)C)ncc1C(=O)N1CCCCC1CCN1CCCC1. The zero-order valence-corrected chi connectivity index (χ0v) is 15.9. The van der Waals surface area contributed by atoms with Crippen LogP contribution in [0.2, 0.25) is 0 Å². The van der Waals surface area contributed by atoms with Crippen LogP contribution in [0.15, 0.2) is 6.20 Å². The van der Waals surface area contributed by atoms with Crippen molar-refractivity contribution in [2.75, 3.05) is 45.2 Å². The number of piperidine rings is 1. The van der Waals surface area contributed by atoms with E-state index in [0.717, 1.165) is 38.0 Å². The van der Waals surface area contributed by atoms with Gasteiger partial charge in [-0.15, -0.1) is 0 Å². The summed E-state index contributed by atoms with van der Waals surface area (Å²) in [6, 6.07) is 0.356. The summed E-state index contributed by atoms with van der Waals surface area (Å²) in [5.41, 5.74) is 1.42. The van der Waals surface area contributed by atoms with Gasteiger partial charge < -0.3 is 14.7 Å². The Morgan fingerprint density at radius 2 is 1.92 bits per heavy atom. The maximum Gasteiger partial charge on any atom is 0.257 e. The van der Waals surface area contributed by atoms with Gasteiger partial charge in [0.25, 0.3) is 5.91 Å². The number of amides is 1. The average Bonchev–Trinajstić information content (AvgIpc) is 3.13. The van der Waals surface area contributed by atoms with Crippen molar-refractivity contribution in [1.82, 2.24) is 19.8 Å². The summed E-state index contributed by atoms with van der Waals surface area (Å²) in [5, 5.41) is 0. The third-order valence-electron chi connectivity index (χ3n) is 5.46. The van der Waals surface area contributed by atoms with Crippen LogP contribution in [-0.2, 0) is 0 Å². The van der Waals surface area contributed by atoms with Gasteiger partial charge in [0.05, 0.1) is 11.3 Å². The fourth-order valence-electron chi connectivity index (χ4n) is 3.94. The fraction of sp³-hybridized carbons (Fsp3) is 0.737. The second kappa shape index (κ2) is 8.13. The van der Waals surface area contributed by atoms with Gasteiger partial charge in [0.15, 0.2) is 0 Å². The minimum absolute atomic E-state index is 0.105. The Kier molecular flexibility index (Phi) is 5.89. The minimum Gasteiger partial charge on any atom is -0.347 e. The molecule has 2 fully saturated rings. The number of carbonyl (C=O) groups excluding carboxylic acids is 1. The Morgan fingerprint density at radius 1 is 1.20 bits per heavy atom. The van der Waals surface area contributed by atoms with E-state index in [1.54, 1.807) is 6.20 Å². The van der Waals surface area contributed by atoms with Crippen LogP contribution >= 0.6 is 0 Å². The predicted molar refractivity (Wildman–Crippen MR) is 100 cm³/mol. The number of likely N-dealkylation sites (tertiary alicyclic amines) is 2. The van der Waals surface area contributed by atoms with Gasteiger partial charge in [-0.2, -0.15) is 0 Å². The first-order valence-corrected chi connectivity index (χ1v) is 9.60. The third kappa shape index (κ3) is 4.29.